The molecule has 104 valence electrons. The summed E-state index contributed by atoms with van der Waals surface area (Å²) in [5.41, 5.74) is -0.529. The second-order valence-corrected chi connectivity index (χ2v) is 5.12. The molecule has 0 heterocycles. The van der Waals surface area contributed by atoms with E-state index in [4.69, 9.17) is 4.74 Å². The van der Waals surface area contributed by atoms with E-state index in [2.05, 4.69) is 0 Å². The molecule has 0 aromatic heterocycles. The van der Waals surface area contributed by atoms with Gasteiger partial charge in [-0.2, -0.15) is 0 Å². The van der Waals surface area contributed by atoms with Crippen molar-refractivity contribution in [2.24, 2.45) is 0 Å². The summed E-state index contributed by atoms with van der Waals surface area (Å²) in [6.45, 7) is 5.79. The van der Waals surface area contributed by atoms with Gasteiger partial charge in [0.2, 0.25) is 12.3 Å². The van der Waals surface area contributed by atoms with Crippen LogP contribution in [0.1, 0.15) is 33.6 Å². The number of hydrogen-bond donors (Lipinski definition) is 0. The SMILES string of the molecule is CN(C=O)C(=O)CCCN(C)C(=O)OC(C)(C)C. The van der Waals surface area contributed by atoms with E-state index in [1.54, 1.807) is 27.8 Å². The fourth-order valence-electron chi connectivity index (χ4n) is 1.13. The summed E-state index contributed by atoms with van der Waals surface area (Å²) in [6.07, 6.45) is 0.772. The average Bonchev–Trinajstić information content (AvgIpc) is 2.25. The monoisotopic (exact) mass is 258 g/mol. The van der Waals surface area contributed by atoms with E-state index in [-0.39, 0.29) is 12.3 Å². The highest BCUT2D eigenvalue weighted by molar-refractivity contribution is 5.85. The first-order chi connectivity index (χ1) is 8.17. The quantitative estimate of drug-likeness (QED) is 0.696. The van der Waals surface area contributed by atoms with Crippen molar-refractivity contribution in [3.8, 4) is 0 Å². The maximum absolute atomic E-state index is 11.6. The van der Waals surface area contributed by atoms with Crippen molar-refractivity contribution in [2.75, 3.05) is 20.6 Å². The Morgan fingerprint density at radius 1 is 1.22 bits per heavy atom. The minimum absolute atomic E-state index is 0.225. The predicted octanol–water partition coefficient (Wildman–Crippen LogP) is 1.25. The van der Waals surface area contributed by atoms with Gasteiger partial charge in [-0.25, -0.2) is 4.79 Å². The molecule has 0 aromatic rings. The molecule has 6 heteroatoms. The molecule has 0 atom stereocenters. The smallest absolute Gasteiger partial charge is 0.410 e. The molecule has 0 radical (unpaired) electrons. The van der Waals surface area contributed by atoms with E-state index < -0.39 is 11.7 Å². The zero-order valence-corrected chi connectivity index (χ0v) is 11.7. The maximum Gasteiger partial charge on any atom is 0.410 e. The molecule has 3 amide bonds. The number of amides is 3. The number of rotatable bonds is 5. The van der Waals surface area contributed by atoms with E-state index in [1.165, 1.54) is 11.9 Å². The summed E-state index contributed by atoms with van der Waals surface area (Å²) in [5, 5.41) is 0. The Bertz CT molecular complexity index is 310. The van der Waals surface area contributed by atoms with Gasteiger partial charge in [0.05, 0.1) is 0 Å². The van der Waals surface area contributed by atoms with Gasteiger partial charge in [-0.15, -0.1) is 0 Å². The van der Waals surface area contributed by atoms with Gasteiger partial charge in [-0.3, -0.25) is 14.5 Å². The number of ether oxygens (including phenoxy) is 1. The van der Waals surface area contributed by atoms with Crippen LogP contribution in [0.25, 0.3) is 0 Å². The first-order valence-electron chi connectivity index (χ1n) is 5.82. The van der Waals surface area contributed by atoms with Crippen LogP contribution in [-0.4, -0.2) is 54.5 Å². The molecule has 0 fully saturated rings. The molecule has 0 aliphatic heterocycles. The summed E-state index contributed by atoms with van der Waals surface area (Å²) < 4.78 is 5.16. The van der Waals surface area contributed by atoms with Crippen LogP contribution >= 0.6 is 0 Å². The normalized spacial score (nSPS) is 10.7. The van der Waals surface area contributed by atoms with Crippen LogP contribution in [0, 0.1) is 0 Å². The average molecular weight is 258 g/mol. The minimum Gasteiger partial charge on any atom is -0.444 e. The van der Waals surface area contributed by atoms with Crippen molar-refractivity contribution < 1.29 is 19.1 Å². The van der Waals surface area contributed by atoms with Crippen LogP contribution in [0.4, 0.5) is 4.79 Å². The zero-order valence-electron chi connectivity index (χ0n) is 11.7. The first-order valence-corrected chi connectivity index (χ1v) is 5.82. The van der Waals surface area contributed by atoms with Crippen molar-refractivity contribution in [2.45, 2.75) is 39.2 Å². The number of hydrogen-bond acceptors (Lipinski definition) is 4. The van der Waals surface area contributed by atoms with Crippen LogP contribution in [0.3, 0.4) is 0 Å². The largest absolute Gasteiger partial charge is 0.444 e. The topological polar surface area (TPSA) is 66.9 Å². The molecule has 0 rings (SSSR count). The molecule has 0 aliphatic carbocycles. The first kappa shape index (κ1) is 16.4. The summed E-state index contributed by atoms with van der Waals surface area (Å²) in [7, 11) is 3.02. The Kier molecular flexibility index (Phi) is 6.36. The third kappa shape index (κ3) is 6.88. The molecule has 0 aromatic carbocycles. The van der Waals surface area contributed by atoms with Crippen molar-refractivity contribution in [1.82, 2.24) is 9.80 Å². The van der Waals surface area contributed by atoms with Crippen LogP contribution in [0.5, 0.6) is 0 Å². The minimum atomic E-state index is -0.529. The van der Waals surface area contributed by atoms with Gasteiger partial charge in [0.25, 0.3) is 0 Å². The highest BCUT2D eigenvalue weighted by Gasteiger charge is 2.19. The zero-order chi connectivity index (χ0) is 14.3. The molecule has 0 spiro atoms. The van der Waals surface area contributed by atoms with Gasteiger partial charge >= 0.3 is 6.09 Å². The number of carbonyl (C=O) groups is 3. The Hall–Kier alpha value is -1.59. The lowest BCUT2D eigenvalue weighted by atomic mass is 10.2. The van der Waals surface area contributed by atoms with E-state index >= 15 is 0 Å². The Balaban J connectivity index is 3.97. The third-order valence-corrected chi connectivity index (χ3v) is 2.14. The standard InChI is InChI=1S/C12H22N2O4/c1-12(2,3)18-11(17)13(4)8-6-7-10(16)14(5)9-15/h9H,6-8H2,1-5H3. The molecular weight excluding hydrogens is 236 g/mol. The van der Waals surface area contributed by atoms with Gasteiger partial charge in [-0.1, -0.05) is 0 Å². The lowest BCUT2D eigenvalue weighted by Crippen LogP contribution is -2.35. The molecule has 0 saturated heterocycles. The van der Waals surface area contributed by atoms with Crippen molar-refractivity contribution >= 4 is 18.4 Å². The molecule has 0 unspecified atom stereocenters. The highest BCUT2D eigenvalue weighted by atomic mass is 16.6. The van der Waals surface area contributed by atoms with Gasteiger partial charge in [0, 0.05) is 27.1 Å². The Morgan fingerprint density at radius 2 is 1.78 bits per heavy atom. The third-order valence-electron chi connectivity index (χ3n) is 2.14. The second kappa shape index (κ2) is 6.98. The summed E-state index contributed by atoms with van der Waals surface area (Å²) >= 11 is 0. The van der Waals surface area contributed by atoms with Gasteiger partial charge in [0.15, 0.2) is 0 Å². The Labute approximate surface area is 108 Å². The van der Waals surface area contributed by atoms with Gasteiger partial charge < -0.3 is 9.64 Å². The van der Waals surface area contributed by atoms with Crippen LogP contribution in [-0.2, 0) is 14.3 Å². The maximum atomic E-state index is 11.6. The van der Waals surface area contributed by atoms with Crippen molar-refractivity contribution in [3.63, 3.8) is 0 Å². The van der Waals surface area contributed by atoms with Crippen molar-refractivity contribution in [3.05, 3.63) is 0 Å². The van der Waals surface area contributed by atoms with Crippen molar-refractivity contribution in [1.29, 1.82) is 0 Å². The van der Waals surface area contributed by atoms with E-state index in [0.717, 1.165) is 4.90 Å². The number of carbonyl (C=O) groups excluding carboxylic acids is 3. The van der Waals surface area contributed by atoms with Gasteiger partial charge in [0.1, 0.15) is 5.60 Å². The molecule has 0 N–H and O–H groups in total. The molecule has 0 aliphatic rings. The fourth-order valence-corrected chi connectivity index (χ4v) is 1.13. The molecule has 6 nitrogen and oxygen atoms in total. The Morgan fingerprint density at radius 3 is 2.22 bits per heavy atom. The number of imide groups is 1. The summed E-state index contributed by atoms with van der Waals surface area (Å²) in [4.78, 5) is 35.6. The van der Waals surface area contributed by atoms with E-state index in [9.17, 15) is 14.4 Å². The lowest BCUT2D eigenvalue weighted by molar-refractivity contribution is -0.136. The van der Waals surface area contributed by atoms with Crippen LogP contribution in [0.15, 0.2) is 0 Å². The second-order valence-electron chi connectivity index (χ2n) is 5.12. The van der Waals surface area contributed by atoms with Crippen LogP contribution in [0.2, 0.25) is 0 Å². The molecule has 18 heavy (non-hydrogen) atoms. The summed E-state index contributed by atoms with van der Waals surface area (Å²) in [6, 6.07) is 0. The van der Waals surface area contributed by atoms with Gasteiger partial charge in [-0.05, 0) is 27.2 Å². The van der Waals surface area contributed by atoms with E-state index in [1.807, 2.05) is 0 Å². The fraction of sp³-hybridized carbons (Fsp3) is 0.750. The highest BCUT2D eigenvalue weighted by Crippen LogP contribution is 2.09. The lowest BCUT2D eigenvalue weighted by Gasteiger charge is -2.24. The molecule has 0 saturated carbocycles. The number of nitrogens with zero attached hydrogens (tertiary/aromatic N) is 2. The molecular formula is C12H22N2O4. The predicted molar refractivity (Wildman–Crippen MR) is 66.9 cm³/mol. The van der Waals surface area contributed by atoms with E-state index in [0.29, 0.717) is 19.4 Å². The van der Waals surface area contributed by atoms with Crippen LogP contribution < -0.4 is 0 Å². The summed E-state index contributed by atoms with van der Waals surface area (Å²) in [5.74, 6) is -0.261. The molecule has 0 bridgehead atoms.